The second kappa shape index (κ2) is 3.30. The highest BCUT2D eigenvalue weighted by Crippen LogP contribution is 2.91. The van der Waals surface area contributed by atoms with Crippen molar-refractivity contribution in [3.8, 4) is 0 Å². The summed E-state index contributed by atoms with van der Waals surface area (Å²) in [7, 11) is 0. The third-order valence-corrected chi connectivity index (χ3v) is 10.5. The Morgan fingerprint density at radius 1 is 0.947 bits per heavy atom. The fourth-order valence-electron chi connectivity index (χ4n) is 6.01. The number of hydrogen-bond acceptors (Lipinski definition) is 1. The maximum absolute atomic E-state index is 6.21. The van der Waals surface area contributed by atoms with Crippen LogP contribution in [0.15, 0.2) is 0 Å². The van der Waals surface area contributed by atoms with Crippen LogP contribution in [0, 0.1) is 22.2 Å². The van der Waals surface area contributed by atoms with Gasteiger partial charge in [0, 0.05) is 16.7 Å². The smallest absolute Gasteiger partial charge is 0.0930 e. The summed E-state index contributed by atoms with van der Waals surface area (Å²) in [5, 5.41) is 0. The number of epoxide rings is 1. The first-order chi connectivity index (χ1) is 8.63. The molecule has 0 aromatic carbocycles. The quantitative estimate of drug-likeness (QED) is 0.405. The van der Waals surface area contributed by atoms with Crippen LogP contribution in [0.3, 0.4) is 0 Å². The van der Waals surface area contributed by atoms with Crippen molar-refractivity contribution in [3.63, 3.8) is 0 Å². The molecule has 0 radical (unpaired) electrons. The van der Waals surface area contributed by atoms with Gasteiger partial charge in [-0.3, -0.25) is 0 Å². The zero-order chi connectivity index (χ0) is 13.9. The van der Waals surface area contributed by atoms with E-state index >= 15 is 0 Å². The zero-order valence-corrected chi connectivity index (χ0v) is 15.5. The number of fused-ring (bicyclic) bond motifs is 2. The van der Waals surface area contributed by atoms with E-state index in [9.17, 15) is 0 Å². The predicted octanol–water partition coefficient (Wildman–Crippen LogP) is 5.26. The van der Waals surface area contributed by atoms with Gasteiger partial charge in [0.15, 0.2) is 0 Å². The Labute approximate surface area is 133 Å². The van der Waals surface area contributed by atoms with Crippen LogP contribution in [0.4, 0.5) is 0 Å². The summed E-state index contributed by atoms with van der Waals surface area (Å²) in [5.41, 5.74) is 1.37. The third kappa shape index (κ3) is 1.25. The largest absolute Gasteiger partial charge is 0.366 e. The molecule has 3 saturated carbocycles. The first kappa shape index (κ1) is 13.6. The van der Waals surface area contributed by atoms with Gasteiger partial charge >= 0.3 is 0 Å². The maximum atomic E-state index is 6.21. The lowest BCUT2D eigenvalue weighted by atomic mass is 9.59. The van der Waals surface area contributed by atoms with E-state index in [2.05, 4.69) is 59.6 Å². The lowest BCUT2D eigenvalue weighted by molar-refractivity contribution is 0.0580. The molecular weight excluding hydrogens is 368 g/mol. The Morgan fingerprint density at radius 2 is 1.63 bits per heavy atom. The van der Waals surface area contributed by atoms with E-state index in [1.807, 2.05) is 0 Å². The van der Waals surface area contributed by atoms with E-state index < -0.39 is 0 Å². The van der Waals surface area contributed by atoms with E-state index in [0.29, 0.717) is 28.3 Å². The molecule has 4 fully saturated rings. The topological polar surface area (TPSA) is 12.5 Å². The van der Waals surface area contributed by atoms with Crippen molar-refractivity contribution in [1.82, 2.24) is 0 Å². The summed E-state index contributed by atoms with van der Waals surface area (Å²) in [6.07, 6.45) is 7.07. The Hall–Kier alpha value is 0.920. The molecule has 4 aliphatic rings. The summed E-state index contributed by atoms with van der Waals surface area (Å²) in [5.74, 6) is 0.685. The van der Waals surface area contributed by atoms with Crippen molar-refractivity contribution >= 4 is 31.9 Å². The molecular formula is C16H24Br2O. The van der Waals surface area contributed by atoms with Crippen molar-refractivity contribution in [2.45, 2.75) is 74.7 Å². The fourth-order valence-corrected chi connectivity index (χ4v) is 8.68. The van der Waals surface area contributed by atoms with Crippen LogP contribution in [0.1, 0.15) is 59.8 Å². The summed E-state index contributed by atoms with van der Waals surface area (Å²) < 4.78 is 6.35. The Bertz CT molecular complexity index is 460. The molecule has 0 N–H and O–H groups in total. The highest BCUT2D eigenvalue weighted by Gasteiger charge is 2.90. The molecule has 3 aliphatic carbocycles. The molecule has 1 spiro atoms. The average Bonchev–Trinajstić information content (AvgIpc) is 3.06. The number of hydrogen-bond donors (Lipinski definition) is 0. The minimum Gasteiger partial charge on any atom is -0.366 e. The Kier molecular flexibility index (Phi) is 2.36. The van der Waals surface area contributed by atoms with Crippen molar-refractivity contribution in [2.24, 2.45) is 22.2 Å². The van der Waals surface area contributed by atoms with Gasteiger partial charge in [0.05, 0.1) is 14.9 Å². The highest BCUT2D eigenvalue weighted by molar-refractivity contribution is 9.25. The van der Waals surface area contributed by atoms with E-state index in [1.54, 1.807) is 0 Å². The van der Waals surface area contributed by atoms with Crippen LogP contribution in [0.25, 0.3) is 0 Å². The minimum absolute atomic E-state index is 0.135. The van der Waals surface area contributed by atoms with E-state index in [1.165, 1.54) is 32.1 Å². The van der Waals surface area contributed by atoms with Crippen LogP contribution in [0.5, 0.6) is 0 Å². The van der Waals surface area contributed by atoms with E-state index in [0.717, 1.165) is 0 Å². The van der Waals surface area contributed by atoms with Crippen LogP contribution in [0.2, 0.25) is 0 Å². The molecule has 4 rings (SSSR count). The van der Waals surface area contributed by atoms with Gasteiger partial charge in [-0.15, -0.1) is 0 Å². The molecule has 0 unspecified atom stereocenters. The lowest BCUT2D eigenvalue weighted by Gasteiger charge is -2.43. The molecule has 19 heavy (non-hydrogen) atoms. The van der Waals surface area contributed by atoms with Crippen LogP contribution in [-0.2, 0) is 4.74 Å². The third-order valence-electron chi connectivity index (χ3n) is 7.31. The van der Waals surface area contributed by atoms with E-state index in [4.69, 9.17) is 4.74 Å². The standard InChI is InChI=1S/C16H24Br2O/c1-12(2)6-5-7-14(4)15(16(14,17)18)9-8-13(3)11(19-13)10(12)15/h10-11H,5-9H2,1-4H3/t10-,11+,13-,14-,15+/m1/s1. The summed E-state index contributed by atoms with van der Waals surface area (Å²) in [6, 6.07) is 0. The SMILES string of the molecule is CC1(C)CCC[C@@]2(C)C(Br)(Br)[C@]23CC[C@@]2(C)O[C@H]2[C@H]13. The molecule has 1 aliphatic heterocycles. The molecule has 1 heterocycles. The van der Waals surface area contributed by atoms with Gasteiger partial charge in [0.25, 0.3) is 0 Å². The molecule has 1 saturated heterocycles. The van der Waals surface area contributed by atoms with Crippen LogP contribution < -0.4 is 0 Å². The highest BCUT2D eigenvalue weighted by atomic mass is 79.9. The molecule has 0 aromatic rings. The number of halogens is 2. The Balaban J connectivity index is 1.86. The normalized spacial score (nSPS) is 60.3. The molecule has 0 bridgehead atoms. The monoisotopic (exact) mass is 390 g/mol. The molecule has 0 amide bonds. The van der Waals surface area contributed by atoms with Crippen molar-refractivity contribution < 1.29 is 4.74 Å². The maximum Gasteiger partial charge on any atom is 0.0930 e. The second-order valence-electron chi connectivity index (χ2n) is 8.55. The summed E-state index contributed by atoms with van der Waals surface area (Å²) >= 11 is 8.16. The van der Waals surface area contributed by atoms with Crippen molar-refractivity contribution in [3.05, 3.63) is 0 Å². The van der Waals surface area contributed by atoms with Gasteiger partial charge in [-0.25, -0.2) is 0 Å². The molecule has 3 heteroatoms. The van der Waals surface area contributed by atoms with Gasteiger partial charge in [-0.1, -0.05) is 59.1 Å². The van der Waals surface area contributed by atoms with Crippen LogP contribution in [-0.4, -0.2) is 14.9 Å². The summed E-state index contributed by atoms with van der Waals surface area (Å²) in [4.78, 5) is 0. The fraction of sp³-hybridized carbons (Fsp3) is 1.00. The van der Waals surface area contributed by atoms with Crippen LogP contribution >= 0.6 is 31.9 Å². The average molecular weight is 392 g/mol. The second-order valence-corrected chi connectivity index (χ2v) is 12.0. The number of alkyl halides is 2. The van der Waals surface area contributed by atoms with Crippen molar-refractivity contribution in [2.75, 3.05) is 0 Å². The van der Waals surface area contributed by atoms with Crippen molar-refractivity contribution in [1.29, 1.82) is 0 Å². The first-order valence-electron chi connectivity index (χ1n) is 7.68. The Morgan fingerprint density at radius 3 is 2.32 bits per heavy atom. The lowest BCUT2D eigenvalue weighted by Crippen LogP contribution is -2.44. The van der Waals surface area contributed by atoms with Gasteiger partial charge in [-0.2, -0.15) is 0 Å². The van der Waals surface area contributed by atoms with Gasteiger partial charge in [0.2, 0.25) is 0 Å². The first-order valence-corrected chi connectivity index (χ1v) is 9.27. The number of rotatable bonds is 0. The van der Waals surface area contributed by atoms with Gasteiger partial charge in [-0.05, 0) is 38.0 Å². The molecule has 0 aromatic heterocycles. The molecule has 1 nitrogen and oxygen atoms in total. The zero-order valence-electron chi connectivity index (χ0n) is 12.4. The minimum atomic E-state index is 0.135. The predicted molar refractivity (Wildman–Crippen MR) is 84.8 cm³/mol. The van der Waals surface area contributed by atoms with E-state index in [-0.39, 0.29) is 8.83 Å². The molecule has 108 valence electrons. The number of ether oxygens (including phenoxy) is 1. The summed E-state index contributed by atoms with van der Waals surface area (Å²) in [6.45, 7) is 9.78. The molecule has 5 atom stereocenters. The van der Waals surface area contributed by atoms with Gasteiger partial charge in [0.1, 0.15) is 0 Å². The van der Waals surface area contributed by atoms with Gasteiger partial charge < -0.3 is 4.74 Å².